The van der Waals surface area contributed by atoms with E-state index in [1.165, 1.54) is 12.1 Å². The monoisotopic (exact) mass is 426 g/mol. The quantitative estimate of drug-likeness (QED) is 0.713. The predicted octanol–water partition coefficient (Wildman–Crippen LogP) is 3.28. The Balaban J connectivity index is 1.47. The van der Waals surface area contributed by atoms with Crippen LogP contribution in [0, 0.1) is 12.7 Å². The number of halogens is 1. The first-order valence-electron chi connectivity index (χ1n) is 10.8. The van der Waals surface area contributed by atoms with Gasteiger partial charge in [-0.2, -0.15) is 0 Å². The molecular formula is C24H31FN4O2. The number of nitrogens with zero attached hydrogens (tertiary/aromatic N) is 2. The number of aryl methyl sites for hydroxylation is 2. The number of anilines is 2. The molecule has 2 N–H and O–H groups in total. The van der Waals surface area contributed by atoms with Crippen LogP contribution in [0.1, 0.15) is 25.0 Å². The van der Waals surface area contributed by atoms with Crippen LogP contribution in [0.25, 0.3) is 0 Å². The lowest BCUT2D eigenvalue weighted by Gasteiger charge is -2.37. The Morgan fingerprint density at radius 3 is 2.45 bits per heavy atom. The molecule has 2 amide bonds. The second-order valence-corrected chi connectivity index (χ2v) is 8.00. The molecule has 1 aliphatic rings. The third kappa shape index (κ3) is 6.12. The number of rotatable bonds is 7. The molecule has 6 nitrogen and oxygen atoms in total. The maximum Gasteiger partial charge on any atom is 0.241 e. The number of benzene rings is 2. The summed E-state index contributed by atoms with van der Waals surface area (Å²) in [6.07, 6.45) is 0.865. The number of hydrogen-bond donors (Lipinski definition) is 2. The highest BCUT2D eigenvalue weighted by Crippen LogP contribution is 2.18. The third-order valence-corrected chi connectivity index (χ3v) is 5.83. The Hall–Kier alpha value is -2.77. The molecule has 2 aromatic rings. The van der Waals surface area contributed by atoms with Crippen molar-refractivity contribution >= 4 is 23.2 Å². The van der Waals surface area contributed by atoms with Crippen molar-refractivity contribution in [2.45, 2.75) is 33.2 Å². The van der Waals surface area contributed by atoms with E-state index in [-0.39, 0.29) is 23.7 Å². The molecule has 2 aromatic carbocycles. The van der Waals surface area contributed by atoms with E-state index in [2.05, 4.69) is 27.4 Å². The summed E-state index contributed by atoms with van der Waals surface area (Å²) >= 11 is 0. The SMILES string of the molecule is CCc1ccccc1NC(=O)CN1CCN(C(C)C(=O)Nc2cc(F)ccc2C)CC1. The van der Waals surface area contributed by atoms with Crippen LogP contribution < -0.4 is 10.6 Å². The highest BCUT2D eigenvalue weighted by atomic mass is 19.1. The minimum absolute atomic E-state index is 0.0262. The van der Waals surface area contributed by atoms with Gasteiger partial charge in [-0.25, -0.2) is 4.39 Å². The second kappa shape index (κ2) is 10.5. The van der Waals surface area contributed by atoms with Gasteiger partial charge in [-0.05, 0) is 49.6 Å². The van der Waals surface area contributed by atoms with Crippen molar-refractivity contribution in [3.63, 3.8) is 0 Å². The molecule has 1 fully saturated rings. The van der Waals surface area contributed by atoms with Gasteiger partial charge in [0.15, 0.2) is 0 Å². The average Bonchev–Trinajstić information content (AvgIpc) is 2.76. The highest BCUT2D eigenvalue weighted by molar-refractivity contribution is 5.95. The predicted molar refractivity (Wildman–Crippen MR) is 122 cm³/mol. The molecule has 0 radical (unpaired) electrons. The van der Waals surface area contributed by atoms with E-state index in [1.807, 2.05) is 38.1 Å². The van der Waals surface area contributed by atoms with Crippen molar-refractivity contribution in [2.75, 3.05) is 43.4 Å². The number of para-hydroxylation sites is 1. The Labute approximate surface area is 183 Å². The first-order chi connectivity index (χ1) is 14.9. The fourth-order valence-electron chi connectivity index (χ4n) is 3.78. The van der Waals surface area contributed by atoms with Gasteiger partial charge in [0.2, 0.25) is 11.8 Å². The molecule has 1 aliphatic heterocycles. The van der Waals surface area contributed by atoms with Gasteiger partial charge in [-0.1, -0.05) is 31.2 Å². The van der Waals surface area contributed by atoms with Gasteiger partial charge >= 0.3 is 0 Å². The first kappa shape index (κ1) is 22.9. The fourth-order valence-corrected chi connectivity index (χ4v) is 3.78. The van der Waals surface area contributed by atoms with Crippen molar-refractivity contribution in [1.82, 2.24) is 9.80 Å². The standard InChI is InChI=1S/C24H31FN4O2/c1-4-19-7-5-6-8-21(19)26-23(30)16-28-11-13-29(14-12-28)18(3)24(31)27-22-15-20(25)10-9-17(22)2/h5-10,15,18H,4,11-14,16H2,1-3H3,(H,26,30)(H,27,31). The molecule has 166 valence electrons. The minimum atomic E-state index is -0.373. The Kier molecular flexibility index (Phi) is 7.76. The van der Waals surface area contributed by atoms with Gasteiger partial charge in [0.25, 0.3) is 0 Å². The molecule has 0 aromatic heterocycles. The van der Waals surface area contributed by atoms with Gasteiger partial charge in [0.05, 0.1) is 12.6 Å². The lowest BCUT2D eigenvalue weighted by atomic mass is 10.1. The summed E-state index contributed by atoms with van der Waals surface area (Å²) in [6.45, 7) is 8.88. The maximum absolute atomic E-state index is 13.5. The van der Waals surface area contributed by atoms with Gasteiger partial charge in [0.1, 0.15) is 5.82 Å². The van der Waals surface area contributed by atoms with E-state index in [0.717, 1.165) is 23.2 Å². The highest BCUT2D eigenvalue weighted by Gasteiger charge is 2.26. The summed E-state index contributed by atoms with van der Waals surface area (Å²) in [7, 11) is 0. The van der Waals surface area contributed by atoms with E-state index in [4.69, 9.17) is 0 Å². The number of carbonyl (C=O) groups excluding carboxylic acids is 2. The van der Waals surface area contributed by atoms with Crippen molar-refractivity contribution in [3.05, 3.63) is 59.4 Å². The van der Waals surface area contributed by atoms with Gasteiger partial charge in [0, 0.05) is 37.6 Å². The second-order valence-electron chi connectivity index (χ2n) is 8.00. The summed E-state index contributed by atoms with van der Waals surface area (Å²) in [5, 5.41) is 5.84. The average molecular weight is 427 g/mol. The number of hydrogen-bond acceptors (Lipinski definition) is 4. The zero-order valence-corrected chi connectivity index (χ0v) is 18.5. The van der Waals surface area contributed by atoms with Crippen LogP contribution in [-0.4, -0.2) is 60.4 Å². The van der Waals surface area contributed by atoms with Crippen LogP contribution >= 0.6 is 0 Å². The van der Waals surface area contributed by atoms with Crippen molar-refractivity contribution in [1.29, 1.82) is 0 Å². The molecule has 0 saturated carbocycles. The molecule has 1 atom stereocenters. The van der Waals surface area contributed by atoms with E-state index in [9.17, 15) is 14.0 Å². The van der Waals surface area contributed by atoms with Crippen LogP contribution in [0.3, 0.4) is 0 Å². The molecule has 1 unspecified atom stereocenters. The molecule has 3 rings (SSSR count). The van der Waals surface area contributed by atoms with Crippen LogP contribution in [-0.2, 0) is 16.0 Å². The van der Waals surface area contributed by atoms with E-state index < -0.39 is 0 Å². The number of nitrogens with one attached hydrogen (secondary N) is 2. The van der Waals surface area contributed by atoms with E-state index in [0.29, 0.717) is 38.4 Å². The summed E-state index contributed by atoms with van der Waals surface area (Å²) in [5.41, 5.74) is 3.31. The lowest BCUT2D eigenvalue weighted by Crippen LogP contribution is -2.53. The summed E-state index contributed by atoms with van der Waals surface area (Å²) in [6, 6.07) is 11.9. The molecule has 0 bridgehead atoms. The molecule has 1 saturated heterocycles. The van der Waals surface area contributed by atoms with Crippen LogP contribution in [0.15, 0.2) is 42.5 Å². The lowest BCUT2D eigenvalue weighted by molar-refractivity contribution is -0.122. The normalized spacial score (nSPS) is 16.0. The van der Waals surface area contributed by atoms with Crippen molar-refractivity contribution < 1.29 is 14.0 Å². The summed E-state index contributed by atoms with van der Waals surface area (Å²) in [5.74, 6) is -0.556. The Morgan fingerprint density at radius 2 is 1.74 bits per heavy atom. The van der Waals surface area contributed by atoms with E-state index in [1.54, 1.807) is 6.07 Å². The van der Waals surface area contributed by atoms with Crippen LogP contribution in [0.5, 0.6) is 0 Å². The van der Waals surface area contributed by atoms with Gasteiger partial charge < -0.3 is 10.6 Å². The number of amides is 2. The number of piperazine rings is 1. The van der Waals surface area contributed by atoms with Crippen molar-refractivity contribution in [3.8, 4) is 0 Å². The topological polar surface area (TPSA) is 64.7 Å². The van der Waals surface area contributed by atoms with Gasteiger partial charge in [-0.3, -0.25) is 19.4 Å². The van der Waals surface area contributed by atoms with Crippen LogP contribution in [0.2, 0.25) is 0 Å². The Bertz CT molecular complexity index is 926. The largest absolute Gasteiger partial charge is 0.325 e. The van der Waals surface area contributed by atoms with Crippen molar-refractivity contribution in [2.24, 2.45) is 0 Å². The molecule has 0 spiro atoms. The summed E-state index contributed by atoms with van der Waals surface area (Å²) < 4.78 is 13.5. The molecule has 0 aliphatic carbocycles. The van der Waals surface area contributed by atoms with E-state index >= 15 is 0 Å². The number of carbonyl (C=O) groups is 2. The zero-order chi connectivity index (χ0) is 22.4. The molecule has 1 heterocycles. The van der Waals surface area contributed by atoms with Crippen LogP contribution in [0.4, 0.5) is 15.8 Å². The smallest absolute Gasteiger partial charge is 0.241 e. The molecule has 31 heavy (non-hydrogen) atoms. The zero-order valence-electron chi connectivity index (χ0n) is 18.5. The molecular weight excluding hydrogens is 395 g/mol. The molecule has 7 heteroatoms. The minimum Gasteiger partial charge on any atom is -0.325 e. The van der Waals surface area contributed by atoms with Gasteiger partial charge in [-0.15, -0.1) is 0 Å². The maximum atomic E-state index is 13.5. The Morgan fingerprint density at radius 1 is 1.03 bits per heavy atom. The first-order valence-corrected chi connectivity index (χ1v) is 10.8. The summed E-state index contributed by atoms with van der Waals surface area (Å²) in [4.78, 5) is 29.3. The third-order valence-electron chi connectivity index (χ3n) is 5.83. The fraction of sp³-hybridized carbons (Fsp3) is 0.417.